The number of aromatic amines is 1. The van der Waals surface area contributed by atoms with Gasteiger partial charge in [-0.1, -0.05) is 0 Å². The van der Waals surface area contributed by atoms with Gasteiger partial charge in [0.25, 0.3) is 0 Å². The molecular formula is C9H14N2O2. The van der Waals surface area contributed by atoms with Crippen molar-refractivity contribution >= 4 is 11.8 Å². The summed E-state index contributed by atoms with van der Waals surface area (Å²) in [5, 5.41) is 8.59. The highest BCUT2D eigenvalue weighted by Gasteiger charge is 2.13. The Morgan fingerprint density at radius 2 is 2.46 bits per heavy atom. The topological polar surface area (TPSA) is 56.3 Å². The lowest BCUT2D eigenvalue weighted by molar-refractivity contribution is -0.137. The smallest absolute Gasteiger partial charge is 0.305 e. The van der Waals surface area contributed by atoms with Crippen molar-refractivity contribution in [1.29, 1.82) is 0 Å². The number of carboxylic acids is 1. The minimum Gasteiger partial charge on any atom is -0.481 e. The standard InChI is InChI=1S/C9H14N2O2/c1-7(6-9(12)13)11(2)8-4-3-5-10-8/h3-5,7,10H,6H2,1-2H3,(H,12,13). The fraction of sp³-hybridized carbons (Fsp3) is 0.444. The maximum absolute atomic E-state index is 10.4. The maximum Gasteiger partial charge on any atom is 0.305 e. The Bertz CT molecular complexity index is 269. The number of carbonyl (C=O) groups is 1. The van der Waals surface area contributed by atoms with Crippen LogP contribution in [0.15, 0.2) is 18.3 Å². The van der Waals surface area contributed by atoms with Gasteiger partial charge in [0, 0.05) is 19.3 Å². The number of aromatic nitrogens is 1. The van der Waals surface area contributed by atoms with E-state index in [-0.39, 0.29) is 12.5 Å². The number of H-pyrrole nitrogens is 1. The molecule has 1 aromatic rings. The molecule has 0 aliphatic rings. The highest BCUT2D eigenvalue weighted by molar-refractivity contribution is 5.68. The van der Waals surface area contributed by atoms with Crippen molar-refractivity contribution < 1.29 is 9.90 Å². The van der Waals surface area contributed by atoms with Gasteiger partial charge >= 0.3 is 5.97 Å². The van der Waals surface area contributed by atoms with E-state index in [9.17, 15) is 4.79 Å². The molecule has 2 N–H and O–H groups in total. The first kappa shape index (κ1) is 9.64. The summed E-state index contributed by atoms with van der Waals surface area (Å²) in [6.45, 7) is 1.88. The zero-order chi connectivity index (χ0) is 9.84. The minimum absolute atomic E-state index is 0.00356. The van der Waals surface area contributed by atoms with Crippen LogP contribution in [0, 0.1) is 0 Å². The summed E-state index contributed by atoms with van der Waals surface area (Å²) >= 11 is 0. The molecule has 1 heterocycles. The SMILES string of the molecule is CC(CC(=O)O)N(C)c1ccc[nH]1. The molecule has 72 valence electrons. The monoisotopic (exact) mass is 182 g/mol. The van der Waals surface area contributed by atoms with Crippen molar-refractivity contribution in [2.75, 3.05) is 11.9 Å². The summed E-state index contributed by atoms with van der Waals surface area (Å²) in [5.41, 5.74) is 0. The summed E-state index contributed by atoms with van der Waals surface area (Å²) in [6, 6.07) is 3.80. The van der Waals surface area contributed by atoms with Gasteiger partial charge in [-0.2, -0.15) is 0 Å². The average molecular weight is 182 g/mol. The first-order valence-corrected chi connectivity index (χ1v) is 4.19. The average Bonchev–Trinajstić information content (AvgIpc) is 2.53. The van der Waals surface area contributed by atoms with Crippen LogP contribution in [0.1, 0.15) is 13.3 Å². The summed E-state index contributed by atoms with van der Waals surface area (Å²) in [6.07, 6.45) is 1.97. The summed E-state index contributed by atoms with van der Waals surface area (Å²) in [7, 11) is 1.87. The number of hydrogen-bond donors (Lipinski definition) is 2. The molecule has 0 aliphatic carbocycles. The Morgan fingerprint density at radius 1 is 1.77 bits per heavy atom. The molecule has 1 atom stereocenters. The van der Waals surface area contributed by atoms with Gasteiger partial charge in [0.15, 0.2) is 0 Å². The third-order valence-electron chi connectivity index (χ3n) is 2.09. The van der Waals surface area contributed by atoms with Crippen LogP contribution in [0.25, 0.3) is 0 Å². The molecule has 0 spiro atoms. The largest absolute Gasteiger partial charge is 0.481 e. The zero-order valence-electron chi connectivity index (χ0n) is 7.82. The van der Waals surface area contributed by atoms with E-state index >= 15 is 0 Å². The van der Waals surface area contributed by atoms with E-state index in [4.69, 9.17) is 5.11 Å². The molecule has 0 bridgehead atoms. The Hall–Kier alpha value is -1.45. The predicted molar refractivity (Wildman–Crippen MR) is 50.9 cm³/mol. The van der Waals surface area contributed by atoms with Crippen molar-refractivity contribution in [2.45, 2.75) is 19.4 Å². The van der Waals surface area contributed by atoms with Crippen LogP contribution in [0.2, 0.25) is 0 Å². The number of aliphatic carboxylic acids is 1. The number of hydrogen-bond acceptors (Lipinski definition) is 2. The van der Waals surface area contributed by atoms with Crippen LogP contribution in [0.5, 0.6) is 0 Å². The summed E-state index contributed by atoms with van der Waals surface area (Å²) in [5.74, 6) is 0.166. The number of nitrogens with one attached hydrogen (secondary N) is 1. The van der Waals surface area contributed by atoms with E-state index in [0.717, 1.165) is 5.82 Å². The minimum atomic E-state index is -0.772. The highest BCUT2D eigenvalue weighted by Crippen LogP contribution is 2.12. The first-order valence-electron chi connectivity index (χ1n) is 4.19. The molecule has 4 nitrogen and oxygen atoms in total. The zero-order valence-corrected chi connectivity index (χ0v) is 7.82. The van der Waals surface area contributed by atoms with Crippen LogP contribution in [-0.2, 0) is 4.79 Å². The molecule has 1 unspecified atom stereocenters. The van der Waals surface area contributed by atoms with Crippen LogP contribution in [-0.4, -0.2) is 29.1 Å². The van der Waals surface area contributed by atoms with Crippen molar-refractivity contribution in [1.82, 2.24) is 4.98 Å². The second-order valence-electron chi connectivity index (χ2n) is 3.11. The van der Waals surface area contributed by atoms with Crippen LogP contribution in [0.3, 0.4) is 0 Å². The summed E-state index contributed by atoms with van der Waals surface area (Å²) in [4.78, 5) is 15.4. The van der Waals surface area contributed by atoms with Crippen LogP contribution >= 0.6 is 0 Å². The van der Waals surface area contributed by atoms with Gasteiger partial charge in [-0.25, -0.2) is 0 Å². The second kappa shape index (κ2) is 3.98. The lowest BCUT2D eigenvalue weighted by Crippen LogP contribution is -2.31. The van der Waals surface area contributed by atoms with Gasteiger partial charge in [0.05, 0.1) is 6.42 Å². The van der Waals surface area contributed by atoms with E-state index in [1.807, 2.05) is 37.2 Å². The van der Waals surface area contributed by atoms with E-state index in [0.29, 0.717) is 0 Å². The van der Waals surface area contributed by atoms with Gasteiger partial charge in [0.1, 0.15) is 5.82 Å². The van der Waals surface area contributed by atoms with Crippen molar-refractivity contribution in [3.05, 3.63) is 18.3 Å². The summed E-state index contributed by atoms with van der Waals surface area (Å²) < 4.78 is 0. The fourth-order valence-electron chi connectivity index (χ4n) is 1.17. The molecule has 0 aliphatic heterocycles. The number of rotatable bonds is 4. The van der Waals surface area contributed by atoms with Crippen LogP contribution in [0.4, 0.5) is 5.82 Å². The molecule has 0 saturated carbocycles. The second-order valence-corrected chi connectivity index (χ2v) is 3.11. The molecule has 0 aromatic carbocycles. The van der Waals surface area contributed by atoms with Gasteiger partial charge in [-0.05, 0) is 19.1 Å². The molecule has 0 radical (unpaired) electrons. The lowest BCUT2D eigenvalue weighted by atomic mass is 10.2. The fourth-order valence-corrected chi connectivity index (χ4v) is 1.17. The third kappa shape index (κ3) is 2.50. The Morgan fingerprint density at radius 3 is 2.92 bits per heavy atom. The van der Waals surface area contributed by atoms with Gasteiger partial charge in [-0.3, -0.25) is 4.79 Å². The van der Waals surface area contributed by atoms with E-state index in [1.54, 1.807) is 0 Å². The third-order valence-corrected chi connectivity index (χ3v) is 2.09. The molecule has 1 aromatic heterocycles. The van der Waals surface area contributed by atoms with Gasteiger partial charge in [0.2, 0.25) is 0 Å². The Balaban J connectivity index is 2.57. The molecule has 0 fully saturated rings. The van der Waals surface area contributed by atoms with Gasteiger partial charge in [-0.15, -0.1) is 0 Å². The molecule has 4 heteroatoms. The molecule has 1 rings (SSSR count). The molecule has 0 amide bonds. The molecular weight excluding hydrogens is 168 g/mol. The van der Waals surface area contributed by atoms with Crippen LogP contribution < -0.4 is 4.90 Å². The molecule has 13 heavy (non-hydrogen) atoms. The van der Waals surface area contributed by atoms with Gasteiger partial charge < -0.3 is 15.0 Å². The maximum atomic E-state index is 10.4. The Kier molecular flexibility index (Phi) is 2.95. The predicted octanol–water partition coefficient (Wildman–Crippen LogP) is 1.31. The van der Waals surface area contributed by atoms with Crippen molar-refractivity contribution in [2.24, 2.45) is 0 Å². The van der Waals surface area contributed by atoms with E-state index < -0.39 is 5.97 Å². The lowest BCUT2D eigenvalue weighted by Gasteiger charge is -2.23. The quantitative estimate of drug-likeness (QED) is 0.738. The highest BCUT2D eigenvalue weighted by atomic mass is 16.4. The van der Waals surface area contributed by atoms with Crippen molar-refractivity contribution in [3.8, 4) is 0 Å². The van der Waals surface area contributed by atoms with Crippen molar-refractivity contribution in [3.63, 3.8) is 0 Å². The number of carboxylic acid groups (broad SMARTS) is 1. The molecule has 0 saturated heterocycles. The normalized spacial score (nSPS) is 12.5. The Labute approximate surface area is 77.2 Å². The van der Waals surface area contributed by atoms with E-state index in [2.05, 4.69) is 4.98 Å². The van der Waals surface area contributed by atoms with E-state index in [1.165, 1.54) is 0 Å². The first-order chi connectivity index (χ1) is 6.11. The number of nitrogens with zero attached hydrogens (tertiary/aromatic N) is 1. The number of anilines is 1.